The Bertz CT molecular complexity index is 783. The molecule has 1 aliphatic rings. The Hall–Kier alpha value is -2.69. The highest BCUT2D eigenvalue weighted by Gasteiger charge is 2.39. The van der Waals surface area contributed by atoms with Crippen molar-refractivity contribution in [1.29, 1.82) is 0 Å². The average molecular weight is 328 g/mol. The van der Waals surface area contributed by atoms with Crippen LogP contribution in [0.25, 0.3) is 11.1 Å². The molecule has 1 unspecified atom stereocenters. The topological polar surface area (TPSA) is 65.0 Å². The molecule has 2 aromatic rings. The van der Waals surface area contributed by atoms with E-state index in [1.807, 2.05) is 43.3 Å². The molecule has 0 radical (unpaired) electrons. The first-order valence-electron chi connectivity index (χ1n) is 7.76. The molecule has 2 aromatic carbocycles. The lowest BCUT2D eigenvalue weighted by Gasteiger charge is -2.38. The van der Waals surface area contributed by atoms with Gasteiger partial charge in [-0.05, 0) is 25.1 Å². The Kier molecular flexibility index (Phi) is 4.09. The van der Waals surface area contributed by atoms with E-state index in [2.05, 4.69) is 0 Å². The molecule has 0 saturated carbocycles. The maximum absolute atomic E-state index is 11.1. The van der Waals surface area contributed by atoms with Gasteiger partial charge in [0.05, 0.1) is 19.8 Å². The van der Waals surface area contributed by atoms with Crippen LogP contribution in [-0.2, 0) is 10.4 Å². The molecule has 5 nitrogen and oxygen atoms in total. The van der Waals surface area contributed by atoms with Crippen molar-refractivity contribution < 1.29 is 24.1 Å². The molecule has 0 bridgehead atoms. The van der Waals surface area contributed by atoms with E-state index < -0.39 is 11.6 Å². The molecule has 1 aliphatic heterocycles. The molecule has 1 heterocycles. The van der Waals surface area contributed by atoms with Crippen LogP contribution in [0.15, 0.2) is 36.4 Å². The molecule has 0 amide bonds. The molecule has 126 valence electrons. The molecule has 0 saturated heterocycles. The smallest absolute Gasteiger partial charge is 0.303 e. The molecule has 24 heavy (non-hydrogen) atoms. The number of carboxylic acid groups (broad SMARTS) is 1. The van der Waals surface area contributed by atoms with Gasteiger partial charge >= 0.3 is 5.97 Å². The van der Waals surface area contributed by atoms with Crippen LogP contribution in [0.1, 0.15) is 25.3 Å². The van der Waals surface area contributed by atoms with Crippen molar-refractivity contribution in [2.45, 2.75) is 25.4 Å². The van der Waals surface area contributed by atoms with Gasteiger partial charge in [-0.1, -0.05) is 18.2 Å². The molecule has 0 aliphatic carbocycles. The quantitative estimate of drug-likeness (QED) is 0.903. The van der Waals surface area contributed by atoms with Crippen molar-refractivity contribution in [3.8, 4) is 28.4 Å². The van der Waals surface area contributed by atoms with E-state index in [-0.39, 0.29) is 6.42 Å². The number of carboxylic acids is 1. The minimum Gasteiger partial charge on any atom is -0.496 e. The molecular weight excluding hydrogens is 308 g/mol. The monoisotopic (exact) mass is 328 g/mol. The fourth-order valence-corrected chi connectivity index (χ4v) is 3.24. The van der Waals surface area contributed by atoms with Crippen LogP contribution in [0.5, 0.6) is 17.2 Å². The number of ether oxygens (including phenoxy) is 3. The van der Waals surface area contributed by atoms with Gasteiger partial charge in [0.1, 0.15) is 22.8 Å². The standard InChI is InChI=1S/C19H20O5/c1-19(11-10-16(20)21)12-6-4-7-13(22-2)17(12)18-14(23-3)8-5-9-15(18)24-19/h4-9H,10-11H2,1-3H3,(H,20,21). The third-order valence-electron chi connectivity index (χ3n) is 4.42. The van der Waals surface area contributed by atoms with Crippen LogP contribution in [0.4, 0.5) is 0 Å². The summed E-state index contributed by atoms with van der Waals surface area (Å²) in [5.41, 5.74) is 1.88. The zero-order valence-electron chi connectivity index (χ0n) is 14.0. The summed E-state index contributed by atoms with van der Waals surface area (Å²) in [4.78, 5) is 11.1. The van der Waals surface area contributed by atoms with Crippen molar-refractivity contribution in [3.05, 3.63) is 42.0 Å². The van der Waals surface area contributed by atoms with Gasteiger partial charge in [-0.3, -0.25) is 4.79 Å². The Morgan fingerprint density at radius 3 is 2.33 bits per heavy atom. The fraction of sp³-hybridized carbons (Fsp3) is 0.316. The van der Waals surface area contributed by atoms with Gasteiger partial charge in [-0.25, -0.2) is 0 Å². The van der Waals surface area contributed by atoms with E-state index in [0.717, 1.165) is 16.7 Å². The first-order valence-corrected chi connectivity index (χ1v) is 7.76. The number of benzene rings is 2. The molecule has 0 spiro atoms. The van der Waals surface area contributed by atoms with Gasteiger partial charge in [-0.15, -0.1) is 0 Å². The van der Waals surface area contributed by atoms with Crippen molar-refractivity contribution >= 4 is 5.97 Å². The maximum atomic E-state index is 11.1. The summed E-state index contributed by atoms with van der Waals surface area (Å²) in [6.07, 6.45) is 0.381. The van der Waals surface area contributed by atoms with Crippen LogP contribution in [0.3, 0.4) is 0 Å². The number of aliphatic carboxylic acids is 1. The summed E-state index contributed by atoms with van der Waals surface area (Å²) >= 11 is 0. The molecule has 0 aromatic heterocycles. The van der Waals surface area contributed by atoms with Crippen molar-refractivity contribution in [3.63, 3.8) is 0 Å². The summed E-state index contributed by atoms with van der Waals surface area (Å²) in [7, 11) is 3.23. The summed E-state index contributed by atoms with van der Waals surface area (Å²) in [5.74, 6) is 1.22. The predicted molar refractivity (Wildman–Crippen MR) is 89.8 cm³/mol. The third kappa shape index (κ3) is 2.56. The third-order valence-corrected chi connectivity index (χ3v) is 4.42. The lowest BCUT2D eigenvalue weighted by molar-refractivity contribution is -0.138. The Balaban J connectivity index is 2.24. The van der Waals surface area contributed by atoms with Crippen LogP contribution >= 0.6 is 0 Å². The number of rotatable bonds is 5. The highest BCUT2D eigenvalue weighted by atomic mass is 16.5. The van der Waals surface area contributed by atoms with Crippen LogP contribution in [0, 0.1) is 0 Å². The summed E-state index contributed by atoms with van der Waals surface area (Å²) in [6, 6.07) is 11.3. The summed E-state index contributed by atoms with van der Waals surface area (Å²) < 4.78 is 17.3. The normalized spacial score (nSPS) is 18.1. The minimum absolute atomic E-state index is 0.0203. The van der Waals surface area contributed by atoms with E-state index in [4.69, 9.17) is 19.3 Å². The molecule has 0 fully saturated rings. The minimum atomic E-state index is -0.847. The van der Waals surface area contributed by atoms with Gasteiger partial charge in [0.15, 0.2) is 0 Å². The van der Waals surface area contributed by atoms with E-state index in [1.54, 1.807) is 14.2 Å². The van der Waals surface area contributed by atoms with Crippen molar-refractivity contribution in [1.82, 2.24) is 0 Å². The number of carbonyl (C=O) groups is 1. The second-order valence-electron chi connectivity index (χ2n) is 5.94. The maximum Gasteiger partial charge on any atom is 0.303 e. The molecular formula is C19H20O5. The van der Waals surface area contributed by atoms with Crippen LogP contribution in [0.2, 0.25) is 0 Å². The van der Waals surface area contributed by atoms with Crippen molar-refractivity contribution in [2.24, 2.45) is 0 Å². The SMILES string of the molecule is COc1cccc2c1-c1c(OC)cccc1C(C)(CCC(=O)O)O2. The van der Waals surface area contributed by atoms with Crippen LogP contribution < -0.4 is 14.2 Å². The number of methoxy groups -OCH3 is 2. The van der Waals surface area contributed by atoms with Gasteiger partial charge in [0, 0.05) is 24.0 Å². The highest BCUT2D eigenvalue weighted by molar-refractivity contribution is 5.86. The second-order valence-corrected chi connectivity index (χ2v) is 5.94. The van der Waals surface area contributed by atoms with E-state index in [9.17, 15) is 4.79 Å². The number of hydrogen-bond donors (Lipinski definition) is 1. The Morgan fingerprint density at radius 1 is 1.08 bits per heavy atom. The average Bonchev–Trinajstić information content (AvgIpc) is 2.59. The van der Waals surface area contributed by atoms with Gasteiger partial charge in [-0.2, -0.15) is 0 Å². The fourth-order valence-electron chi connectivity index (χ4n) is 3.24. The van der Waals surface area contributed by atoms with Gasteiger partial charge in [0.25, 0.3) is 0 Å². The first-order chi connectivity index (χ1) is 11.5. The van der Waals surface area contributed by atoms with Gasteiger partial charge < -0.3 is 19.3 Å². The zero-order valence-corrected chi connectivity index (χ0v) is 14.0. The molecule has 5 heteroatoms. The Labute approximate surface area is 140 Å². The summed E-state index contributed by atoms with van der Waals surface area (Å²) in [5, 5.41) is 9.08. The Morgan fingerprint density at radius 2 is 1.71 bits per heavy atom. The first kappa shape index (κ1) is 16.2. The molecule has 1 N–H and O–H groups in total. The number of fused-ring (bicyclic) bond motifs is 3. The largest absolute Gasteiger partial charge is 0.496 e. The molecule has 3 rings (SSSR count). The second kappa shape index (κ2) is 6.07. The molecule has 1 atom stereocenters. The van der Waals surface area contributed by atoms with E-state index in [1.165, 1.54) is 0 Å². The van der Waals surface area contributed by atoms with Crippen LogP contribution in [-0.4, -0.2) is 25.3 Å². The van der Waals surface area contributed by atoms with E-state index >= 15 is 0 Å². The number of hydrogen-bond acceptors (Lipinski definition) is 4. The highest BCUT2D eigenvalue weighted by Crippen LogP contribution is 2.53. The van der Waals surface area contributed by atoms with Crippen molar-refractivity contribution in [2.75, 3.05) is 14.2 Å². The predicted octanol–water partition coefficient (Wildman–Crippen LogP) is 3.84. The summed E-state index contributed by atoms with van der Waals surface area (Å²) in [6.45, 7) is 1.91. The zero-order chi connectivity index (χ0) is 17.3. The lowest BCUT2D eigenvalue weighted by atomic mass is 9.81. The van der Waals surface area contributed by atoms with E-state index in [0.29, 0.717) is 23.7 Å². The van der Waals surface area contributed by atoms with Gasteiger partial charge in [0.2, 0.25) is 0 Å². The lowest BCUT2D eigenvalue weighted by Crippen LogP contribution is -2.33.